The lowest BCUT2D eigenvalue weighted by Crippen LogP contribution is -1.95. The van der Waals surface area contributed by atoms with Crippen LogP contribution in [0.1, 0.15) is 5.56 Å². The van der Waals surface area contributed by atoms with Crippen molar-refractivity contribution in [1.29, 1.82) is 0 Å². The Kier molecular flexibility index (Phi) is 4.51. The van der Waals surface area contributed by atoms with Crippen LogP contribution in [-0.2, 0) is 6.42 Å². The highest BCUT2D eigenvalue weighted by Gasteiger charge is 1.99. The van der Waals surface area contributed by atoms with E-state index in [1.165, 1.54) is 10.5 Å². The Hall–Kier alpha value is -0.930. The summed E-state index contributed by atoms with van der Waals surface area (Å²) in [5.41, 5.74) is 8.03. The third-order valence-electron chi connectivity index (χ3n) is 2.51. The summed E-state index contributed by atoms with van der Waals surface area (Å²) >= 11 is 5.29. The number of thioether (sulfide) groups is 1. The topological polar surface area (TPSA) is 26.0 Å². The fraction of sp³-hybridized carbons (Fsp3) is 0.143. The predicted molar refractivity (Wildman–Crippen MR) is 79.4 cm³/mol. The maximum Gasteiger partial charge on any atom is 0.0346 e. The first-order valence-electron chi connectivity index (χ1n) is 5.47. The third-order valence-corrected chi connectivity index (χ3v) is 4.05. The average molecular weight is 308 g/mol. The first-order chi connectivity index (χ1) is 8.25. The smallest absolute Gasteiger partial charge is 0.0346 e. The van der Waals surface area contributed by atoms with Gasteiger partial charge in [-0.3, -0.25) is 0 Å². The van der Waals surface area contributed by atoms with Gasteiger partial charge < -0.3 is 5.73 Å². The number of hydrogen-bond acceptors (Lipinski definition) is 2. The molecule has 0 radical (unpaired) electrons. The van der Waals surface area contributed by atoms with Crippen molar-refractivity contribution in [2.24, 2.45) is 0 Å². The summed E-state index contributed by atoms with van der Waals surface area (Å²) in [6.45, 7) is 0. The van der Waals surface area contributed by atoms with Crippen LogP contribution in [0.25, 0.3) is 0 Å². The van der Waals surface area contributed by atoms with Crippen molar-refractivity contribution in [3.8, 4) is 0 Å². The van der Waals surface area contributed by atoms with Crippen LogP contribution in [0.2, 0.25) is 0 Å². The van der Waals surface area contributed by atoms with Crippen LogP contribution >= 0.6 is 27.7 Å². The molecule has 0 aliphatic heterocycles. The Morgan fingerprint density at radius 3 is 2.41 bits per heavy atom. The van der Waals surface area contributed by atoms with Crippen molar-refractivity contribution >= 4 is 33.4 Å². The molecule has 0 heterocycles. The summed E-state index contributed by atoms with van der Waals surface area (Å²) in [7, 11) is 0. The lowest BCUT2D eigenvalue weighted by atomic mass is 10.1. The van der Waals surface area contributed by atoms with E-state index in [9.17, 15) is 0 Å². The Morgan fingerprint density at radius 2 is 1.71 bits per heavy atom. The molecule has 0 saturated heterocycles. The zero-order valence-electron chi connectivity index (χ0n) is 9.40. The molecule has 2 aromatic rings. The van der Waals surface area contributed by atoms with Gasteiger partial charge in [-0.1, -0.05) is 34.1 Å². The second kappa shape index (κ2) is 6.12. The lowest BCUT2D eigenvalue weighted by molar-refractivity contribution is 1.16. The molecule has 0 aliphatic rings. The van der Waals surface area contributed by atoms with Crippen molar-refractivity contribution in [2.45, 2.75) is 11.3 Å². The molecule has 0 bridgehead atoms. The maximum atomic E-state index is 5.90. The number of aryl methyl sites for hydroxylation is 1. The number of nitrogen functional groups attached to an aromatic ring is 1. The molecule has 1 nitrogen and oxygen atoms in total. The van der Waals surface area contributed by atoms with Gasteiger partial charge in [0.2, 0.25) is 0 Å². The summed E-state index contributed by atoms with van der Waals surface area (Å²) in [6.07, 6.45) is 1.01. The SMILES string of the molecule is Nc1ccccc1CCSc1ccc(Br)cc1. The van der Waals surface area contributed by atoms with E-state index in [2.05, 4.69) is 46.3 Å². The standard InChI is InChI=1S/C14H14BrNS/c15-12-5-7-13(8-6-12)17-10-9-11-3-1-2-4-14(11)16/h1-8H,9-10,16H2. The molecule has 0 amide bonds. The van der Waals surface area contributed by atoms with Gasteiger partial charge in [-0.15, -0.1) is 11.8 Å². The molecule has 0 saturated carbocycles. The van der Waals surface area contributed by atoms with Gasteiger partial charge in [0, 0.05) is 20.8 Å². The molecule has 0 spiro atoms. The highest BCUT2D eigenvalue weighted by atomic mass is 79.9. The van der Waals surface area contributed by atoms with Crippen LogP contribution in [0.4, 0.5) is 5.69 Å². The van der Waals surface area contributed by atoms with E-state index in [1.807, 2.05) is 30.0 Å². The van der Waals surface area contributed by atoms with Crippen LogP contribution in [0.5, 0.6) is 0 Å². The average Bonchev–Trinajstić information content (AvgIpc) is 2.34. The van der Waals surface area contributed by atoms with Gasteiger partial charge in [0.25, 0.3) is 0 Å². The van der Waals surface area contributed by atoms with E-state index in [-0.39, 0.29) is 0 Å². The molecule has 0 unspecified atom stereocenters. The monoisotopic (exact) mass is 307 g/mol. The summed E-state index contributed by atoms with van der Waals surface area (Å²) in [5, 5.41) is 0. The highest BCUT2D eigenvalue weighted by molar-refractivity contribution is 9.10. The molecule has 0 aromatic heterocycles. The van der Waals surface area contributed by atoms with Crippen LogP contribution in [0.15, 0.2) is 57.9 Å². The molecule has 0 aliphatic carbocycles. The molecular formula is C14H14BrNS. The molecule has 17 heavy (non-hydrogen) atoms. The van der Waals surface area contributed by atoms with Gasteiger partial charge in [0.05, 0.1) is 0 Å². The van der Waals surface area contributed by atoms with Gasteiger partial charge in [-0.25, -0.2) is 0 Å². The number of benzene rings is 2. The van der Waals surface area contributed by atoms with E-state index in [0.29, 0.717) is 0 Å². The quantitative estimate of drug-likeness (QED) is 0.670. The first kappa shape index (κ1) is 12.5. The van der Waals surface area contributed by atoms with Crippen LogP contribution < -0.4 is 5.73 Å². The molecule has 88 valence electrons. The van der Waals surface area contributed by atoms with Crippen molar-refractivity contribution < 1.29 is 0 Å². The van der Waals surface area contributed by atoms with Crippen molar-refractivity contribution in [3.63, 3.8) is 0 Å². The zero-order valence-corrected chi connectivity index (χ0v) is 11.8. The second-order valence-corrected chi connectivity index (χ2v) is 5.84. The largest absolute Gasteiger partial charge is 0.399 e. The Bertz CT molecular complexity index is 482. The van der Waals surface area contributed by atoms with Crippen molar-refractivity contribution in [1.82, 2.24) is 0 Å². The van der Waals surface area contributed by atoms with Crippen molar-refractivity contribution in [2.75, 3.05) is 11.5 Å². The molecule has 2 N–H and O–H groups in total. The summed E-state index contributed by atoms with van der Waals surface area (Å²) < 4.78 is 1.12. The van der Waals surface area contributed by atoms with E-state index in [0.717, 1.165) is 22.3 Å². The molecule has 3 heteroatoms. The van der Waals surface area contributed by atoms with Gasteiger partial charge in [0.1, 0.15) is 0 Å². The Balaban J connectivity index is 1.88. The minimum Gasteiger partial charge on any atom is -0.399 e. The summed E-state index contributed by atoms with van der Waals surface area (Å²) in [4.78, 5) is 1.29. The first-order valence-corrected chi connectivity index (χ1v) is 7.25. The summed E-state index contributed by atoms with van der Waals surface area (Å²) in [6, 6.07) is 16.5. The summed E-state index contributed by atoms with van der Waals surface area (Å²) in [5.74, 6) is 1.05. The number of hydrogen-bond donors (Lipinski definition) is 1. The molecule has 2 aromatic carbocycles. The van der Waals surface area contributed by atoms with Gasteiger partial charge >= 0.3 is 0 Å². The fourth-order valence-corrected chi connectivity index (χ4v) is 2.72. The minimum absolute atomic E-state index is 0.893. The number of halogens is 1. The number of rotatable bonds is 4. The van der Waals surface area contributed by atoms with Gasteiger partial charge in [-0.05, 0) is 42.3 Å². The van der Waals surface area contributed by atoms with Crippen molar-refractivity contribution in [3.05, 3.63) is 58.6 Å². The molecule has 2 rings (SSSR count). The number of anilines is 1. The maximum absolute atomic E-state index is 5.90. The third kappa shape index (κ3) is 3.79. The normalized spacial score (nSPS) is 10.4. The van der Waals surface area contributed by atoms with Crippen LogP contribution in [0, 0.1) is 0 Å². The van der Waals surface area contributed by atoms with Crippen LogP contribution in [0.3, 0.4) is 0 Å². The van der Waals surface area contributed by atoms with E-state index < -0.39 is 0 Å². The van der Waals surface area contributed by atoms with E-state index >= 15 is 0 Å². The Labute approximate surface area is 115 Å². The predicted octanol–water partition coefficient (Wildman–Crippen LogP) is 4.37. The molecule has 0 atom stereocenters. The fourth-order valence-electron chi connectivity index (χ4n) is 1.57. The highest BCUT2D eigenvalue weighted by Crippen LogP contribution is 2.22. The van der Waals surface area contributed by atoms with E-state index in [1.54, 1.807) is 0 Å². The Morgan fingerprint density at radius 1 is 1.00 bits per heavy atom. The van der Waals surface area contributed by atoms with Gasteiger partial charge in [0.15, 0.2) is 0 Å². The number of para-hydroxylation sites is 1. The van der Waals surface area contributed by atoms with Gasteiger partial charge in [-0.2, -0.15) is 0 Å². The second-order valence-electron chi connectivity index (χ2n) is 3.75. The molecule has 0 fully saturated rings. The number of nitrogens with two attached hydrogens (primary N) is 1. The lowest BCUT2D eigenvalue weighted by Gasteiger charge is -2.05. The zero-order chi connectivity index (χ0) is 12.1. The minimum atomic E-state index is 0.893. The molecular weight excluding hydrogens is 294 g/mol. The van der Waals surface area contributed by atoms with Crippen LogP contribution in [-0.4, -0.2) is 5.75 Å². The van der Waals surface area contributed by atoms with E-state index in [4.69, 9.17) is 5.73 Å².